The van der Waals surface area contributed by atoms with Crippen molar-refractivity contribution in [1.29, 1.82) is 0 Å². The Morgan fingerprint density at radius 3 is 2.63 bits per heavy atom. The molecule has 3 rings (SSSR count). The maximum Gasteiger partial charge on any atom is 0.257 e. The van der Waals surface area contributed by atoms with E-state index in [0.29, 0.717) is 12.2 Å². The number of thiocarbonyl (C=S) groups is 1. The number of nitrogens with zero attached hydrogens (tertiary/aromatic N) is 1. The Kier molecular flexibility index (Phi) is 5.98. The van der Waals surface area contributed by atoms with E-state index in [1.807, 2.05) is 44.2 Å². The first-order chi connectivity index (χ1) is 13.1. The van der Waals surface area contributed by atoms with Gasteiger partial charge in [0.05, 0.1) is 17.8 Å². The maximum absolute atomic E-state index is 12.4. The molecule has 27 heavy (non-hydrogen) atoms. The van der Waals surface area contributed by atoms with Crippen molar-refractivity contribution in [1.82, 2.24) is 10.3 Å². The molecule has 5 nitrogen and oxygen atoms in total. The molecular formula is C21H21N3O2S. The van der Waals surface area contributed by atoms with Gasteiger partial charge in [-0.15, -0.1) is 0 Å². The monoisotopic (exact) mass is 379 g/mol. The van der Waals surface area contributed by atoms with Crippen LogP contribution in [0.2, 0.25) is 0 Å². The number of amides is 1. The van der Waals surface area contributed by atoms with E-state index >= 15 is 0 Å². The SMILES string of the molecule is CCCOc1ccc(C(=O)NC(=S)Nc2cccc3ccc(C)nc23)cc1. The number of hydrogen-bond donors (Lipinski definition) is 2. The van der Waals surface area contributed by atoms with Crippen LogP contribution in [0.15, 0.2) is 54.6 Å². The fourth-order valence-electron chi connectivity index (χ4n) is 2.60. The lowest BCUT2D eigenvalue weighted by atomic mass is 10.2. The van der Waals surface area contributed by atoms with Gasteiger partial charge in [-0.05, 0) is 62.0 Å². The van der Waals surface area contributed by atoms with Crippen molar-refractivity contribution in [2.45, 2.75) is 20.3 Å². The second kappa shape index (κ2) is 8.60. The Morgan fingerprint density at radius 2 is 1.89 bits per heavy atom. The quantitative estimate of drug-likeness (QED) is 0.641. The normalized spacial score (nSPS) is 10.4. The third-order valence-electron chi connectivity index (χ3n) is 3.92. The summed E-state index contributed by atoms with van der Waals surface area (Å²) in [4.78, 5) is 16.9. The molecule has 2 aromatic carbocycles. The summed E-state index contributed by atoms with van der Waals surface area (Å²) in [6.45, 7) is 4.63. The van der Waals surface area contributed by atoms with Crippen LogP contribution in [0.5, 0.6) is 5.75 Å². The summed E-state index contributed by atoms with van der Waals surface area (Å²) in [5.41, 5.74) is 2.99. The van der Waals surface area contributed by atoms with E-state index in [1.165, 1.54) is 0 Å². The molecule has 0 saturated heterocycles. The van der Waals surface area contributed by atoms with E-state index in [9.17, 15) is 4.79 Å². The highest BCUT2D eigenvalue weighted by atomic mass is 32.1. The van der Waals surface area contributed by atoms with Crippen LogP contribution in [0.25, 0.3) is 10.9 Å². The molecule has 0 bridgehead atoms. The number of aryl methyl sites for hydroxylation is 1. The molecule has 138 valence electrons. The predicted octanol–water partition coefficient (Wildman–Crippen LogP) is 4.46. The van der Waals surface area contributed by atoms with Crippen LogP contribution in [0.3, 0.4) is 0 Å². The molecule has 0 radical (unpaired) electrons. The Bertz CT molecular complexity index is 971. The fourth-order valence-corrected chi connectivity index (χ4v) is 2.80. The van der Waals surface area contributed by atoms with Crippen molar-refractivity contribution < 1.29 is 9.53 Å². The number of carbonyl (C=O) groups excluding carboxylic acids is 1. The van der Waals surface area contributed by atoms with Gasteiger partial charge in [0.2, 0.25) is 0 Å². The van der Waals surface area contributed by atoms with Crippen molar-refractivity contribution in [3.05, 3.63) is 65.9 Å². The summed E-state index contributed by atoms with van der Waals surface area (Å²) >= 11 is 5.30. The minimum Gasteiger partial charge on any atom is -0.494 e. The largest absolute Gasteiger partial charge is 0.494 e. The highest BCUT2D eigenvalue weighted by molar-refractivity contribution is 7.80. The van der Waals surface area contributed by atoms with Crippen LogP contribution in [0.1, 0.15) is 29.4 Å². The second-order valence-corrected chi connectivity index (χ2v) is 6.52. The minimum absolute atomic E-state index is 0.224. The number of rotatable bonds is 5. The van der Waals surface area contributed by atoms with Crippen LogP contribution in [0.4, 0.5) is 5.69 Å². The molecule has 0 saturated carbocycles. The van der Waals surface area contributed by atoms with Crippen molar-refractivity contribution in [3.63, 3.8) is 0 Å². The zero-order chi connectivity index (χ0) is 19.2. The fraction of sp³-hybridized carbons (Fsp3) is 0.190. The number of para-hydroxylation sites is 1. The van der Waals surface area contributed by atoms with Gasteiger partial charge in [0.15, 0.2) is 5.11 Å². The zero-order valence-corrected chi connectivity index (χ0v) is 16.1. The highest BCUT2D eigenvalue weighted by Gasteiger charge is 2.10. The summed E-state index contributed by atoms with van der Waals surface area (Å²) in [5, 5.41) is 6.99. The lowest BCUT2D eigenvalue weighted by Gasteiger charge is -2.12. The van der Waals surface area contributed by atoms with Crippen molar-refractivity contribution in [3.8, 4) is 5.75 Å². The van der Waals surface area contributed by atoms with Gasteiger partial charge in [0, 0.05) is 16.6 Å². The third-order valence-corrected chi connectivity index (χ3v) is 4.13. The minimum atomic E-state index is -0.279. The van der Waals surface area contributed by atoms with E-state index in [2.05, 4.69) is 15.6 Å². The van der Waals surface area contributed by atoms with Crippen molar-refractivity contribution in [2.75, 3.05) is 11.9 Å². The van der Waals surface area contributed by atoms with Crippen molar-refractivity contribution >= 4 is 39.8 Å². The van der Waals surface area contributed by atoms with Gasteiger partial charge >= 0.3 is 0 Å². The second-order valence-electron chi connectivity index (χ2n) is 6.11. The molecule has 3 aromatic rings. The lowest BCUT2D eigenvalue weighted by molar-refractivity contribution is 0.0977. The van der Waals surface area contributed by atoms with E-state index < -0.39 is 0 Å². The van der Waals surface area contributed by atoms with Gasteiger partial charge in [0.1, 0.15) is 5.75 Å². The summed E-state index contributed by atoms with van der Waals surface area (Å²) in [7, 11) is 0. The summed E-state index contributed by atoms with van der Waals surface area (Å²) < 4.78 is 5.52. The molecule has 0 fully saturated rings. The lowest BCUT2D eigenvalue weighted by Crippen LogP contribution is -2.34. The first kappa shape index (κ1) is 18.8. The van der Waals surface area contributed by atoms with Crippen LogP contribution in [0, 0.1) is 6.92 Å². The van der Waals surface area contributed by atoms with Gasteiger partial charge in [-0.2, -0.15) is 0 Å². The van der Waals surface area contributed by atoms with Gasteiger partial charge in [-0.1, -0.05) is 25.1 Å². The van der Waals surface area contributed by atoms with E-state index in [0.717, 1.165) is 34.5 Å². The molecule has 1 aromatic heterocycles. The predicted molar refractivity (Wildman–Crippen MR) is 112 cm³/mol. The summed E-state index contributed by atoms with van der Waals surface area (Å²) in [6, 6.07) is 16.7. The van der Waals surface area contributed by atoms with Crippen LogP contribution < -0.4 is 15.4 Å². The number of anilines is 1. The van der Waals surface area contributed by atoms with Crippen LogP contribution >= 0.6 is 12.2 Å². The van der Waals surface area contributed by atoms with E-state index in [-0.39, 0.29) is 11.0 Å². The molecule has 0 aliphatic heterocycles. The average molecular weight is 379 g/mol. The third kappa shape index (κ3) is 4.80. The standard InChI is InChI=1S/C21H21N3O2S/c1-3-13-26-17-11-9-16(10-12-17)20(25)24-21(27)23-18-6-4-5-15-8-7-14(2)22-19(15)18/h4-12H,3,13H2,1-2H3,(H2,23,24,25,27). The van der Waals surface area contributed by atoms with Gasteiger partial charge in [0.25, 0.3) is 5.91 Å². The number of pyridine rings is 1. The smallest absolute Gasteiger partial charge is 0.257 e. The molecule has 6 heteroatoms. The number of hydrogen-bond acceptors (Lipinski definition) is 4. The molecule has 2 N–H and O–H groups in total. The Morgan fingerprint density at radius 1 is 1.11 bits per heavy atom. The molecular weight excluding hydrogens is 358 g/mol. The summed E-state index contributed by atoms with van der Waals surface area (Å²) in [6.07, 6.45) is 0.935. The molecule has 0 aliphatic carbocycles. The van der Waals surface area contributed by atoms with Gasteiger partial charge in [-0.3, -0.25) is 15.1 Å². The zero-order valence-electron chi connectivity index (χ0n) is 15.3. The molecule has 0 spiro atoms. The molecule has 1 heterocycles. The molecule has 0 aliphatic rings. The first-order valence-corrected chi connectivity index (χ1v) is 9.19. The maximum atomic E-state index is 12.4. The number of benzene rings is 2. The van der Waals surface area contributed by atoms with Crippen LogP contribution in [-0.4, -0.2) is 22.6 Å². The topological polar surface area (TPSA) is 63.2 Å². The number of fused-ring (bicyclic) bond motifs is 1. The highest BCUT2D eigenvalue weighted by Crippen LogP contribution is 2.21. The first-order valence-electron chi connectivity index (χ1n) is 8.78. The Labute approximate surface area is 163 Å². The summed E-state index contributed by atoms with van der Waals surface area (Å²) in [5.74, 6) is 0.463. The molecule has 0 atom stereocenters. The number of carbonyl (C=O) groups is 1. The number of nitrogens with one attached hydrogen (secondary N) is 2. The van der Waals surface area contributed by atoms with E-state index in [4.69, 9.17) is 17.0 Å². The number of aromatic nitrogens is 1. The number of ether oxygens (including phenoxy) is 1. The molecule has 1 amide bonds. The van der Waals surface area contributed by atoms with Crippen LogP contribution in [-0.2, 0) is 0 Å². The van der Waals surface area contributed by atoms with Gasteiger partial charge in [-0.25, -0.2) is 0 Å². The Balaban J connectivity index is 1.67. The Hall–Kier alpha value is -2.99. The molecule has 0 unspecified atom stereocenters. The van der Waals surface area contributed by atoms with Crippen molar-refractivity contribution in [2.24, 2.45) is 0 Å². The van der Waals surface area contributed by atoms with Gasteiger partial charge < -0.3 is 10.1 Å². The van der Waals surface area contributed by atoms with E-state index in [1.54, 1.807) is 24.3 Å². The average Bonchev–Trinajstić information content (AvgIpc) is 2.67.